The van der Waals surface area contributed by atoms with Crippen LogP contribution in [0.2, 0.25) is 5.02 Å². The van der Waals surface area contributed by atoms with Gasteiger partial charge in [0.15, 0.2) is 17.3 Å². The van der Waals surface area contributed by atoms with E-state index in [-0.39, 0.29) is 17.8 Å². The molecule has 10 heteroatoms. The van der Waals surface area contributed by atoms with Gasteiger partial charge in [0, 0.05) is 12.1 Å². The van der Waals surface area contributed by atoms with Gasteiger partial charge in [0.05, 0.1) is 35.8 Å². The summed E-state index contributed by atoms with van der Waals surface area (Å²) in [5.74, 6) is 2.11. The van der Waals surface area contributed by atoms with E-state index in [1.807, 2.05) is 6.07 Å². The molecule has 0 bridgehead atoms. The summed E-state index contributed by atoms with van der Waals surface area (Å²) in [6.07, 6.45) is 5.42. The summed E-state index contributed by atoms with van der Waals surface area (Å²) in [5.41, 5.74) is 7.60. The lowest BCUT2D eigenvalue weighted by atomic mass is 10.1. The highest BCUT2D eigenvalue weighted by molar-refractivity contribution is 6.32. The van der Waals surface area contributed by atoms with Crippen LogP contribution in [0.3, 0.4) is 0 Å². The van der Waals surface area contributed by atoms with Gasteiger partial charge in [-0.15, -0.1) is 0 Å². The highest BCUT2D eigenvalue weighted by atomic mass is 35.5. The maximum Gasteiger partial charge on any atom is 0.158 e. The van der Waals surface area contributed by atoms with Crippen LogP contribution in [0.5, 0.6) is 11.5 Å². The Kier molecular flexibility index (Phi) is 5.70. The number of nitrogens with zero attached hydrogens (tertiary/aromatic N) is 4. The van der Waals surface area contributed by atoms with Crippen LogP contribution in [0.1, 0.15) is 25.0 Å². The second-order valence-corrected chi connectivity index (χ2v) is 7.36. The van der Waals surface area contributed by atoms with E-state index < -0.39 is 0 Å². The summed E-state index contributed by atoms with van der Waals surface area (Å²) in [4.78, 5) is 8.12. The summed E-state index contributed by atoms with van der Waals surface area (Å²) >= 11 is 6.48. The zero-order valence-corrected chi connectivity index (χ0v) is 17.0. The molecule has 2 aromatic heterocycles. The number of hydrogen-bond donors (Lipinski definition) is 3. The fourth-order valence-electron chi connectivity index (χ4n) is 3.42. The van der Waals surface area contributed by atoms with Crippen LogP contribution in [-0.4, -0.2) is 39.4 Å². The van der Waals surface area contributed by atoms with Crippen molar-refractivity contribution in [1.29, 1.82) is 5.26 Å². The summed E-state index contributed by atoms with van der Waals surface area (Å²) in [7, 11) is 1.59. The molecule has 9 nitrogen and oxygen atoms in total. The van der Waals surface area contributed by atoms with Crippen molar-refractivity contribution in [2.45, 2.75) is 31.4 Å². The molecule has 1 saturated carbocycles. The number of ether oxygens (including phenoxy) is 2. The average molecular weight is 426 g/mol. The summed E-state index contributed by atoms with van der Waals surface area (Å²) < 4.78 is 11.8. The van der Waals surface area contributed by atoms with E-state index in [1.165, 1.54) is 12.4 Å². The topological polar surface area (TPSA) is 135 Å². The van der Waals surface area contributed by atoms with Crippen LogP contribution >= 0.6 is 11.6 Å². The summed E-state index contributed by atoms with van der Waals surface area (Å²) in [6, 6.07) is 7.39. The molecule has 30 heavy (non-hydrogen) atoms. The Balaban J connectivity index is 1.64. The first-order valence-electron chi connectivity index (χ1n) is 9.41. The van der Waals surface area contributed by atoms with Gasteiger partial charge in [-0.25, -0.2) is 9.97 Å². The Hall–Kier alpha value is -3.35. The van der Waals surface area contributed by atoms with Crippen molar-refractivity contribution in [3.05, 3.63) is 41.3 Å². The van der Waals surface area contributed by atoms with E-state index in [0.717, 1.165) is 19.3 Å². The number of halogens is 1. The highest BCUT2D eigenvalue weighted by Gasteiger charge is 2.27. The standard InChI is InChI=1S/C20H20ClN7O2/c1-29-16-5-4-14(21)20(30-13-3-2-11(23)6-13)19(16)15-7-17(28-27-15)26-18-10-24-12(8-22)9-25-18/h4-5,7,9-11,13H,2-3,6,23H2,1H3,(H2,25,26,27,28)/t11-,13+/m0/s1. The van der Waals surface area contributed by atoms with E-state index in [1.54, 1.807) is 25.3 Å². The molecule has 1 aromatic carbocycles. The number of methoxy groups -OCH3 is 1. The number of rotatable bonds is 6. The molecule has 2 atom stereocenters. The van der Waals surface area contributed by atoms with Crippen LogP contribution < -0.4 is 20.5 Å². The fourth-order valence-corrected chi connectivity index (χ4v) is 3.62. The van der Waals surface area contributed by atoms with Gasteiger partial charge in [0.25, 0.3) is 0 Å². The molecule has 0 aliphatic heterocycles. The normalized spacial score (nSPS) is 18.1. The molecule has 1 aliphatic carbocycles. The molecule has 1 aliphatic rings. The van der Waals surface area contributed by atoms with Crippen molar-refractivity contribution < 1.29 is 9.47 Å². The quantitative estimate of drug-likeness (QED) is 0.546. The number of nitrogens with two attached hydrogens (primary N) is 1. The van der Waals surface area contributed by atoms with Gasteiger partial charge in [-0.3, -0.25) is 5.10 Å². The predicted molar refractivity (Wildman–Crippen MR) is 112 cm³/mol. The third-order valence-corrected chi connectivity index (χ3v) is 5.17. The number of aromatic amines is 1. The van der Waals surface area contributed by atoms with Crippen molar-refractivity contribution in [2.75, 3.05) is 12.4 Å². The first kappa shape index (κ1) is 19.9. The Labute approximate surface area is 178 Å². The number of H-pyrrole nitrogens is 1. The number of nitriles is 1. The molecule has 0 amide bonds. The number of anilines is 2. The first-order valence-corrected chi connectivity index (χ1v) is 9.79. The molecule has 154 valence electrons. The Morgan fingerprint density at radius 1 is 1.27 bits per heavy atom. The maximum absolute atomic E-state index is 8.83. The van der Waals surface area contributed by atoms with Gasteiger partial charge in [-0.2, -0.15) is 10.4 Å². The third-order valence-electron chi connectivity index (χ3n) is 4.87. The lowest BCUT2D eigenvalue weighted by molar-refractivity contribution is 0.208. The van der Waals surface area contributed by atoms with Crippen LogP contribution in [-0.2, 0) is 0 Å². The van der Waals surface area contributed by atoms with Gasteiger partial charge < -0.3 is 20.5 Å². The van der Waals surface area contributed by atoms with Crippen LogP contribution in [0.15, 0.2) is 30.6 Å². The van der Waals surface area contributed by atoms with Gasteiger partial charge >= 0.3 is 0 Å². The number of hydrogen-bond acceptors (Lipinski definition) is 8. The van der Waals surface area contributed by atoms with E-state index in [0.29, 0.717) is 39.4 Å². The number of aromatic nitrogens is 4. The zero-order chi connectivity index (χ0) is 21.1. The molecular formula is C20H20ClN7O2. The van der Waals surface area contributed by atoms with Crippen molar-refractivity contribution in [2.24, 2.45) is 5.73 Å². The lowest BCUT2D eigenvalue weighted by Gasteiger charge is -2.19. The second-order valence-electron chi connectivity index (χ2n) is 6.96. The molecule has 0 unspecified atom stereocenters. The molecule has 3 aromatic rings. The Morgan fingerprint density at radius 2 is 2.13 bits per heavy atom. The largest absolute Gasteiger partial charge is 0.496 e. The minimum absolute atomic E-state index is 0.00204. The first-order chi connectivity index (χ1) is 14.6. The van der Waals surface area contributed by atoms with Crippen molar-refractivity contribution >= 4 is 23.2 Å². The minimum Gasteiger partial charge on any atom is -0.496 e. The van der Waals surface area contributed by atoms with Gasteiger partial charge in [0.1, 0.15) is 23.7 Å². The van der Waals surface area contributed by atoms with Crippen molar-refractivity contribution in [3.63, 3.8) is 0 Å². The van der Waals surface area contributed by atoms with Crippen molar-refractivity contribution in [3.8, 4) is 28.8 Å². The number of nitrogens with one attached hydrogen (secondary N) is 2. The molecule has 0 radical (unpaired) electrons. The third kappa shape index (κ3) is 4.15. The average Bonchev–Trinajstić information content (AvgIpc) is 3.38. The summed E-state index contributed by atoms with van der Waals surface area (Å²) in [5, 5.41) is 19.6. The van der Waals surface area contributed by atoms with Gasteiger partial charge in [-0.05, 0) is 31.4 Å². The van der Waals surface area contributed by atoms with Crippen LogP contribution in [0.25, 0.3) is 11.3 Å². The molecule has 2 heterocycles. The molecule has 1 fully saturated rings. The van der Waals surface area contributed by atoms with Crippen molar-refractivity contribution in [1.82, 2.24) is 20.2 Å². The predicted octanol–water partition coefficient (Wildman–Crippen LogP) is 3.40. The summed E-state index contributed by atoms with van der Waals surface area (Å²) in [6.45, 7) is 0. The highest BCUT2D eigenvalue weighted by Crippen LogP contribution is 2.44. The van der Waals surface area contributed by atoms with E-state index in [2.05, 4.69) is 25.5 Å². The van der Waals surface area contributed by atoms with Gasteiger partial charge in [0.2, 0.25) is 0 Å². The van der Waals surface area contributed by atoms with Gasteiger partial charge in [-0.1, -0.05) is 11.6 Å². The minimum atomic E-state index is -0.00204. The maximum atomic E-state index is 8.83. The molecule has 0 spiro atoms. The SMILES string of the molecule is COc1ccc(Cl)c(O[C@@H]2CC[C@H](N)C2)c1-c1cc(Nc2cnc(C#N)cn2)n[nH]1. The second kappa shape index (κ2) is 8.57. The molecule has 4 N–H and O–H groups in total. The number of benzene rings is 1. The zero-order valence-electron chi connectivity index (χ0n) is 16.2. The smallest absolute Gasteiger partial charge is 0.158 e. The Morgan fingerprint density at radius 3 is 2.80 bits per heavy atom. The molecule has 0 saturated heterocycles. The van der Waals surface area contributed by atoms with E-state index in [9.17, 15) is 0 Å². The van der Waals surface area contributed by atoms with E-state index in [4.69, 9.17) is 32.1 Å². The van der Waals surface area contributed by atoms with Crippen LogP contribution in [0.4, 0.5) is 11.6 Å². The van der Waals surface area contributed by atoms with Crippen LogP contribution in [0, 0.1) is 11.3 Å². The molecule has 4 rings (SSSR count). The Bertz CT molecular complexity index is 1080. The fraction of sp³-hybridized carbons (Fsp3) is 0.300. The van der Waals surface area contributed by atoms with E-state index >= 15 is 0 Å². The monoisotopic (exact) mass is 425 g/mol. The molecular weight excluding hydrogens is 406 g/mol. The lowest BCUT2D eigenvalue weighted by Crippen LogP contribution is -2.19.